The first-order valence-electron chi connectivity index (χ1n) is 5.34. The van der Waals surface area contributed by atoms with Gasteiger partial charge in [0.15, 0.2) is 0 Å². The van der Waals surface area contributed by atoms with Crippen molar-refractivity contribution in [1.82, 2.24) is 0 Å². The average Bonchev–Trinajstić information content (AvgIpc) is 2.14. The second-order valence-electron chi connectivity index (χ2n) is 4.44. The summed E-state index contributed by atoms with van der Waals surface area (Å²) in [5.41, 5.74) is 4.28. The van der Waals surface area contributed by atoms with Crippen LogP contribution in [0, 0.1) is 11.7 Å². The average molecular weight is 286 g/mol. The number of nitrogens with two attached hydrogens (primary N) is 1. The molecule has 1 rings (SSSR count). The zero-order chi connectivity index (χ0) is 13.2. The van der Waals surface area contributed by atoms with Gasteiger partial charge in [0.1, 0.15) is 5.82 Å². The molecule has 1 aromatic carbocycles. The van der Waals surface area contributed by atoms with Gasteiger partial charge in [-0.15, -0.1) is 12.4 Å². The third kappa shape index (κ3) is 4.14. The monoisotopic (exact) mass is 285 g/mol. The highest BCUT2D eigenvalue weighted by Gasteiger charge is 2.37. The van der Waals surface area contributed by atoms with E-state index in [0.29, 0.717) is 6.42 Å². The van der Waals surface area contributed by atoms with Crippen molar-refractivity contribution in [3.63, 3.8) is 0 Å². The molecule has 18 heavy (non-hydrogen) atoms. The van der Waals surface area contributed by atoms with Crippen molar-refractivity contribution >= 4 is 12.4 Å². The van der Waals surface area contributed by atoms with E-state index in [9.17, 15) is 17.6 Å². The summed E-state index contributed by atoms with van der Waals surface area (Å²) in [4.78, 5) is 0. The molecule has 0 aliphatic carbocycles. The number of alkyl halides is 3. The molecule has 0 radical (unpaired) electrons. The van der Waals surface area contributed by atoms with Crippen LogP contribution in [0.4, 0.5) is 17.6 Å². The summed E-state index contributed by atoms with van der Waals surface area (Å²) in [5, 5.41) is 0. The minimum absolute atomic E-state index is 0. The van der Waals surface area contributed by atoms with E-state index in [1.807, 2.05) is 13.8 Å². The van der Waals surface area contributed by atoms with Crippen molar-refractivity contribution in [2.75, 3.05) is 0 Å². The fraction of sp³-hybridized carbons (Fsp3) is 0.500. The molecule has 0 aliphatic heterocycles. The lowest BCUT2D eigenvalue weighted by Gasteiger charge is -2.20. The van der Waals surface area contributed by atoms with Gasteiger partial charge in [-0.2, -0.15) is 13.2 Å². The fourth-order valence-electron chi connectivity index (χ4n) is 1.78. The van der Waals surface area contributed by atoms with Crippen molar-refractivity contribution in [1.29, 1.82) is 0 Å². The topological polar surface area (TPSA) is 26.0 Å². The van der Waals surface area contributed by atoms with Crippen LogP contribution in [0.2, 0.25) is 0 Å². The number of rotatable bonds is 3. The lowest BCUT2D eigenvalue weighted by Crippen LogP contribution is -2.20. The number of benzene rings is 1. The number of halogens is 5. The molecule has 104 valence electrons. The van der Waals surface area contributed by atoms with Crippen LogP contribution in [-0.4, -0.2) is 0 Å². The molecule has 0 heterocycles. The predicted molar refractivity (Wildman–Crippen MR) is 65.0 cm³/mol. The molecule has 0 aromatic heterocycles. The molecule has 1 nitrogen and oxygen atoms in total. The van der Waals surface area contributed by atoms with Crippen molar-refractivity contribution in [3.8, 4) is 0 Å². The SMILES string of the molecule is CC(C)C[C@H](N)c1cccc(F)c1C(F)(F)F.Cl. The summed E-state index contributed by atoms with van der Waals surface area (Å²) < 4.78 is 51.4. The first-order chi connectivity index (χ1) is 7.73. The smallest absolute Gasteiger partial charge is 0.324 e. The molecular formula is C12H16ClF4N. The van der Waals surface area contributed by atoms with Crippen LogP contribution < -0.4 is 5.73 Å². The Kier molecular flexibility index (Phi) is 6.10. The Bertz CT molecular complexity index is 390. The van der Waals surface area contributed by atoms with Crippen molar-refractivity contribution in [2.45, 2.75) is 32.5 Å². The Hall–Kier alpha value is -0.810. The van der Waals surface area contributed by atoms with E-state index in [-0.39, 0.29) is 23.9 Å². The summed E-state index contributed by atoms with van der Waals surface area (Å²) in [6.45, 7) is 3.71. The highest BCUT2D eigenvalue weighted by atomic mass is 35.5. The molecule has 1 atom stereocenters. The van der Waals surface area contributed by atoms with E-state index < -0.39 is 23.6 Å². The molecule has 0 unspecified atom stereocenters. The minimum Gasteiger partial charge on any atom is -0.324 e. The van der Waals surface area contributed by atoms with Gasteiger partial charge < -0.3 is 5.73 Å². The van der Waals surface area contributed by atoms with Gasteiger partial charge in [0.05, 0.1) is 5.56 Å². The Balaban J connectivity index is 0.00000289. The van der Waals surface area contributed by atoms with Crippen LogP contribution in [0.5, 0.6) is 0 Å². The Labute approximate surface area is 110 Å². The van der Waals surface area contributed by atoms with E-state index in [0.717, 1.165) is 6.07 Å². The van der Waals surface area contributed by atoms with Gasteiger partial charge in [0.25, 0.3) is 0 Å². The summed E-state index contributed by atoms with van der Waals surface area (Å²) in [5.74, 6) is -1.12. The quantitative estimate of drug-likeness (QED) is 0.823. The van der Waals surface area contributed by atoms with E-state index in [1.54, 1.807) is 0 Å². The number of hydrogen-bond acceptors (Lipinski definition) is 1. The van der Waals surface area contributed by atoms with Crippen LogP contribution in [0.1, 0.15) is 37.4 Å². The molecule has 0 amide bonds. The van der Waals surface area contributed by atoms with Crippen LogP contribution in [0.3, 0.4) is 0 Å². The van der Waals surface area contributed by atoms with Crippen LogP contribution in [0.25, 0.3) is 0 Å². The van der Waals surface area contributed by atoms with Crippen molar-refractivity contribution in [2.24, 2.45) is 11.7 Å². The Morgan fingerprint density at radius 3 is 2.22 bits per heavy atom. The van der Waals surface area contributed by atoms with E-state index in [2.05, 4.69) is 0 Å². The second-order valence-corrected chi connectivity index (χ2v) is 4.44. The molecule has 2 N–H and O–H groups in total. The van der Waals surface area contributed by atoms with Gasteiger partial charge in [-0.25, -0.2) is 4.39 Å². The van der Waals surface area contributed by atoms with Crippen molar-refractivity contribution < 1.29 is 17.6 Å². The third-order valence-corrected chi connectivity index (χ3v) is 2.45. The van der Waals surface area contributed by atoms with E-state index in [4.69, 9.17) is 5.73 Å². The first kappa shape index (κ1) is 17.2. The van der Waals surface area contributed by atoms with Gasteiger partial charge in [-0.05, 0) is 24.0 Å². The summed E-state index contributed by atoms with van der Waals surface area (Å²) in [7, 11) is 0. The summed E-state index contributed by atoms with van der Waals surface area (Å²) in [6, 6.07) is 2.48. The van der Waals surface area contributed by atoms with Crippen LogP contribution in [0.15, 0.2) is 18.2 Å². The van der Waals surface area contributed by atoms with Gasteiger partial charge in [0, 0.05) is 6.04 Å². The molecule has 1 aromatic rings. The predicted octanol–water partition coefficient (Wildman–Crippen LogP) is 4.31. The Morgan fingerprint density at radius 1 is 1.22 bits per heavy atom. The van der Waals surface area contributed by atoms with Gasteiger partial charge in [-0.1, -0.05) is 26.0 Å². The lowest BCUT2D eigenvalue weighted by molar-refractivity contribution is -0.140. The normalized spacial score (nSPS) is 13.3. The van der Waals surface area contributed by atoms with Crippen molar-refractivity contribution in [3.05, 3.63) is 35.1 Å². The second kappa shape index (κ2) is 6.38. The maximum atomic E-state index is 13.3. The molecule has 0 saturated carbocycles. The van der Waals surface area contributed by atoms with E-state index >= 15 is 0 Å². The van der Waals surface area contributed by atoms with Crippen LogP contribution >= 0.6 is 12.4 Å². The van der Waals surface area contributed by atoms with Gasteiger partial charge in [0.2, 0.25) is 0 Å². The molecule has 0 fully saturated rings. The largest absolute Gasteiger partial charge is 0.419 e. The highest BCUT2D eigenvalue weighted by Crippen LogP contribution is 2.37. The molecule has 0 aliphatic rings. The Morgan fingerprint density at radius 2 is 1.78 bits per heavy atom. The van der Waals surface area contributed by atoms with Crippen LogP contribution in [-0.2, 0) is 6.18 Å². The zero-order valence-corrected chi connectivity index (χ0v) is 10.9. The highest BCUT2D eigenvalue weighted by molar-refractivity contribution is 5.85. The molecule has 0 spiro atoms. The van der Waals surface area contributed by atoms with Gasteiger partial charge in [-0.3, -0.25) is 0 Å². The molecule has 0 saturated heterocycles. The van der Waals surface area contributed by atoms with Gasteiger partial charge >= 0.3 is 6.18 Å². The zero-order valence-electron chi connectivity index (χ0n) is 10.1. The minimum atomic E-state index is -4.71. The third-order valence-electron chi connectivity index (χ3n) is 2.45. The molecular weight excluding hydrogens is 270 g/mol. The lowest BCUT2D eigenvalue weighted by atomic mass is 9.93. The number of hydrogen-bond donors (Lipinski definition) is 1. The first-order valence-corrected chi connectivity index (χ1v) is 5.34. The summed E-state index contributed by atoms with van der Waals surface area (Å²) in [6.07, 6.45) is -4.33. The maximum absolute atomic E-state index is 13.3. The standard InChI is InChI=1S/C12H15F4N.ClH/c1-7(2)6-10(17)8-4-3-5-9(13)11(8)12(14,15)16;/h3-5,7,10H,6,17H2,1-2H3;1H/t10-;/m0./s1. The maximum Gasteiger partial charge on any atom is 0.419 e. The van der Waals surface area contributed by atoms with E-state index in [1.165, 1.54) is 12.1 Å². The fourth-order valence-corrected chi connectivity index (χ4v) is 1.78. The molecule has 0 bridgehead atoms. The molecule has 6 heteroatoms. The summed E-state index contributed by atoms with van der Waals surface area (Å²) >= 11 is 0.